The molecule has 0 saturated carbocycles. The van der Waals surface area contributed by atoms with Gasteiger partial charge in [0.1, 0.15) is 0 Å². The van der Waals surface area contributed by atoms with Gasteiger partial charge in [-0.2, -0.15) is 0 Å². The van der Waals surface area contributed by atoms with Crippen molar-refractivity contribution < 1.29 is 0 Å². The van der Waals surface area contributed by atoms with Crippen molar-refractivity contribution in [2.45, 2.75) is 57.9 Å². The Hall–Kier alpha value is -0.890. The lowest BCUT2D eigenvalue weighted by molar-refractivity contribution is 0.547. The van der Waals surface area contributed by atoms with Crippen molar-refractivity contribution >= 4 is 0 Å². The van der Waals surface area contributed by atoms with Gasteiger partial charge in [-0.15, -0.1) is 0 Å². The average Bonchev–Trinajstić information content (AvgIpc) is 2.34. The zero-order valence-corrected chi connectivity index (χ0v) is 10.4. The molecule has 0 saturated heterocycles. The number of aromatic nitrogens is 1. The minimum absolute atomic E-state index is 0.189. The van der Waals surface area contributed by atoms with Crippen LogP contribution in [0.5, 0.6) is 0 Å². The van der Waals surface area contributed by atoms with Crippen LogP contribution in [0.2, 0.25) is 0 Å². The summed E-state index contributed by atoms with van der Waals surface area (Å²) in [7, 11) is 0. The number of nitrogens with zero attached hydrogens (tertiary/aromatic N) is 1. The Kier molecular flexibility index (Phi) is 6.82. The smallest absolute Gasteiger partial charge is 0.0295 e. The SMILES string of the molecule is CCCCCCCCC(N)c1ccncc1. The van der Waals surface area contributed by atoms with Gasteiger partial charge in [-0.25, -0.2) is 0 Å². The van der Waals surface area contributed by atoms with Crippen LogP contribution in [0, 0.1) is 0 Å². The van der Waals surface area contributed by atoms with Crippen LogP contribution >= 0.6 is 0 Å². The number of hydrogen-bond donors (Lipinski definition) is 1. The highest BCUT2D eigenvalue weighted by atomic mass is 14.6. The van der Waals surface area contributed by atoms with Crippen LogP contribution in [0.25, 0.3) is 0 Å². The van der Waals surface area contributed by atoms with Gasteiger partial charge in [0.15, 0.2) is 0 Å². The maximum atomic E-state index is 6.11. The second-order valence-electron chi connectivity index (χ2n) is 4.44. The van der Waals surface area contributed by atoms with Crippen LogP contribution in [-0.2, 0) is 0 Å². The van der Waals surface area contributed by atoms with Gasteiger partial charge in [0.2, 0.25) is 0 Å². The maximum absolute atomic E-state index is 6.11. The standard InChI is InChI=1S/C14H24N2/c1-2-3-4-5-6-7-8-14(15)13-9-11-16-12-10-13/h9-12,14H,2-8,15H2,1H3. The Morgan fingerprint density at radius 1 is 1.06 bits per heavy atom. The van der Waals surface area contributed by atoms with E-state index in [1.165, 1.54) is 44.1 Å². The van der Waals surface area contributed by atoms with Gasteiger partial charge in [-0.3, -0.25) is 4.98 Å². The fourth-order valence-corrected chi connectivity index (χ4v) is 1.92. The van der Waals surface area contributed by atoms with E-state index >= 15 is 0 Å². The van der Waals surface area contributed by atoms with E-state index < -0.39 is 0 Å². The van der Waals surface area contributed by atoms with Crippen molar-refractivity contribution in [2.75, 3.05) is 0 Å². The van der Waals surface area contributed by atoms with Gasteiger partial charge in [0.05, 0.1) is 0 Å². The number of rotatable bonds is 8. The Labute approximate surface area is 99.3 Å². The van der Waals surface area contributed by atoms with Crippen LogP contribution in [0.4, 0.5) is 0 Å². The first-order valence-corrected chi connectivity index (χ1v) is 6.50. The molecule has 2 heteroatoms. The van der Waals surface area contributed by atoms with Crippen molar-refractivity contribution in [3.8, 4) is 0 Å². The van der Waals surface area contributed by atoms with Crippen molar-refractivity contribution in [1.29, 1.82) is 0 Å². The summed E-state index contributed by atoms with van der Waals surface area (Å²) in [6.45, 7) is 2.25. The van der Waals surface area contributed by atoms with Crippen LogP contribution < -0.4 is 5.73 Å². The summed E-state index contributed by atoms with van der Waals surface area (Å²) in [6.07, 6.45) is 12.7. The van der Waals surface area contributed by atoms with Gasteiger partial charge in [-0.05, 0) is 24.1 Å². The summed E-state index contributed by atoms with van der Waals surface area (Å²) in [5.74, 6) is 0. The minimum atomic E-state index is 0.189. The third kappa shape index (κ3) is 5.26. The molecule has 2 nitrogen and oxygen atoms in total. The zero-order valence-electron chi connectivity index (χ0n) is 10.4. The fourth-order valence-electron chi connectivity index (χ4n) is 1.92. The lowest BCUT2D eigenvalue weighted by atomic mass is 10.0. The topological polar surface area (TPSA) is 38.9 Å². The Balaban J connectivity index is 2.09. The monoisotopic (exact) mass is 220 g/mol. The number of unbranched alkanes of at least 4 members (excludes halogenated alkanes) is 5. The van der Waals surface area contributed by atoms with E-state index in [0.717, 1.165) is 6.42 Å². The van der Waals surface area contributed by atoms with E-state index in [9.17, 15) is 0 Å². The van der Waals surface area contributed by atoms with E-state index in [1.807, 2.05) is 24.5 Å². The average molecular weight is 220 g/mol. The minimum Gasteiger partial charge on any atom is -0.324 e. The third-order valence-corrected chi connectivity index (χ3v) is 3.00. The predicted octanol–water partition coefficient (Wildman–Crippen LogP) is 3.83. The summed E-state index contributed by atoms with van der Waals surface area (Å²) in [6, 6.07) is 4.22. The molecular formula is C14H24N2. The molecule has 0 amide bonds. The molecule has 0 spiro atoms. The summed E-state index contributed by atoms with van der Waals surface area (Å²) in [5.41, 5.74) is 7.32. The molecular weight excluding hydrogens is 196 g/mol. The molecule has 1 aromatic heterocycles. The first-order chi connectivity index (χ1) is 7.84. The van der Waals surface area contributed by atoms with Crippen molar-refractivity contribution in [3.63, 3.8) is 0 Å². The van der Waals surface area contributed by atoms with E-state index in [2.05, 4.69) is 11.9 Å². The van der Waals surface area contributed by atoms with E-state index in [-0.39, 0.29) is 6.04 Å². The largest absolute Gasteiger partial charge is 0.324 e. The molecule has 1 heterocycles. The molecule has 90 valence electrons. The highest BCUT2D eigenvalue weighted by Crippen LogP contribution is 2.17. The number of nitrogens with two attached hydrogens (primary N) is 1. The van der Waals surface area contributed by atoms with Crippen LogP contribution in [0.15, 0.2) is 24.5 Å². The predicted molar refractivity (Wildman–Crippen MR) is 69.2 cm³/mol. The molecule has 0 fully saturated rings. The summed E-state index contributed by atoms with van der Waals surface area (Å²) >= 11 is 0. The molecule has 0 bridgehead atoms. The molecule has 1 rings (SSSR count). The Bertz CT molecular complexity index is 259. The number of pyridine rings is 1. The van der Waals surface area contributed by atoms with E-state index in [4.69, 9.17) is 5.73 Å². The second kappa shape index (κ2) is 8.28. The summed E-state index contributed by atoms with van der Waals surface area (Å²) < 4.78 is 0. The van der Waals surface area contributed by atoms with Crippen LogP contribution in [-0.4, -0.2) is 4.98 Å². The molecule has 1 atom stereocenters. The first-order valence-electron chi connectivity index (χ1n) is 6.50. The van der Waals surface area contributed by atoms with Crippen LogP contribution in [0.1, 0.15) is 63.5 Å². The van der Waals surface area contributed by atoms with Crippen molar-refractivity contribution in [3.05, 3.63) is 30.1 Å². The Morgan fingerprint density at radius 3 is 2.38 bits per heavy atom. The Morgan fingerprint density at radius 2 is 1.69 bits per heavy atom. The van der Waals surface area contributed by atoms with Crippen LogP contribution in [0.3, 0.4) is 0 Å². The summed E-state index contributed by atoms with van der Waals surface area (Å²) in [5, 5.41) is 0. The van der Waals surface area contributed by atoms with E-state index in [0.29, 0.717) is 0 Å². The van der Waals surface area contributed by atoms with Gasteiger partial charge in [-0.1, -0.05) is 45.4 Å². The normalized spacial score (nSPS) is 12.6. The molecule has 0 aliphatic rings. The second-order valence-corrected chi connectivity index (χ2v) is 4.44. The molecule has 16 heavy (non-hydrogen) atoms. The molecule has 0 aliphatic carbocycles. The van der Waals surface area contributed by atoms with Gasteiger partial charge in [0, 0.05) is 18.4 Å². The molecule has 0 aliphatic heterocycles. The highest BCUT2D eigenvalue weighted by Gasteiger charge is 2.04. The molecule has 1 unspecified atom stereocenters. The van der Waals surface area contributed by atoms with Crippen molar-refractivity contribution in [1.82, 2.24) is 4.98 Å². The molecule has 0 aromatic carbocycles. The highest BCUT2D eigenvalue weighted by molar-refractivity contribution is 5.13. The quantitative estimate of drug-likeness (QED) is 0.676. The van der Waals surface area contributed by atoms with Crippen molar-refractivity contribution in [2.24, 2.45) is 5.73 Å². The zero-order chi connectivity index (χ0) is 11.6. The lowest BCUT2D eigenvalue weighted by Gasteiger charge is -2.11. The molecule has 2 N–H and O–H groups in total. The summed E-state index contributed by atoms with van der Waals surface area (Å²) in [4.78, 5) is 4.00. The number of hydrogen-bond acceptors (Lipinski definition) is 2. The van der Waals surface area contributed by atoms with E-state index in [1.54, 1.807) is 0 Å². The van der Waals surface area contributed by atoms with Gasteiger partial charge < -0.3 is 5.73 Å². The van der Waals surface area contributed by atoms with Gasteiger partial charge >= 0.3 is 0 Å². The lowest BCUT2D eigenvalue weighted by Crippen LogP contribution is -2.09. The first kappa shape index (κ1) is 13.2. The molecule has 1 aromatic rings. The maximum Gasteiger partial charge on any atom is 0.0295 e. The van der Waals surface area contributed by atoms with Gasteiger partial charge in [0.25, 0.3) is 0 Å². The fraction of sp³-hybridized carbons (Fsp3) is 0.643. The third-order valence-electron chi connectivity index (χ3n) is 3.00. The molecule has 0 radical (unpaired) electrons.